The molecule has 0 amide bonds. The van der Waals surface area contributed by atoms with Crippen molar-refractivity contribution in [3.8, 4) is 11.4 Å². The summed E-state index contributed by atoms with van der Waals surface area (Å²) >= 11 is 5.77. The summed E-state index contributed by atoms with van der Waals surface area (Å²) in [6, 6.07) is 12.6. The third-order valence-corrected chi connectivity index (χ3v) is 4.74. The Morgan fingerprint density at radius 2 is 1.96 bits per heavy atom. The van der Waals surface area contributed by atoms with Crippen LogP contribution in [0.1, 0.15) is 35.5 Å². The number of rotatable bonds is 3. The van der Waals surface area contributed by atoms with E-state index in [2.05, 4.69) is 10.1 Å². The van der Waals surface area contributed by atoms with Gasteiger partial charge in [-0.15, -0.1) is 0 Å². The highest BCUT2D eigenvalue weighted by Crippen LogP contribution is 2.42. The monoisotopic (exact) mass is 358 g/mol. The summed E-state index contributed by atoms with van der Waals surface area (Å²) in [4.78, 5) is 4.53. The Balaban J connectivity index is 1.62. The molecule has 0 aliphatic carbocycles. The van der Waals surface area contributed by atoms with Gasteiger partial charge in [0.05, 0.1) is 17.0 Å². The molecule has 4 rings (SSSR count). The predicted molar refractivity (Wildman–Crippen MR) is 91.9 cm³/mol. The third-order valence-electron chi connectivity index (χ3n) is 4.43. The molecule has 1 saturated heterocycles. The molecule has 0 spiro atoms. The van der Waals surface area contributed by atoms with Crippen LogP contribution in [0.4, 0.5) is 4.39 Å². The van der Waals surface area contributed by atoms with Crippen LogP contribution in [0.3, 0.4) is 0 Å². The largest absolute Gasteiger partial charge is 0.373 e. The zero-order valence-electron chi connectivity index (χ0n) is 13.6. The molecule has 1 aliphatic heterocycles. The maximum atomic E-state index is 13.8. The van der Waals surface area contributed by atoms with Crippen LogP contribution in [0.25, 0.3) is 11.4 Å². The molecule has 0 N–H and O–H groups in total. The molecule has 1 aromatic heterocycles. The average Bonchev–Trinajstić information content (AvgIpc) is 3.27. The van der Waals surface area contributed by atoms with Crippen LogP contribution in [-0.4, -0.2) is 16.7 Å². The average molecular weight is 359 g/mol. The van der Waals surface area contributed by atoms with E-state index in [1.807, 2.05) is 31.2 Å². The quantitative estimate of drug-likeness (QED) is 0.654. The second-order valence-corrected chi connectivity index (χ2v) is 6.59. The van der Waals surface area contributed by atoms with Gasteiger partial charge in [0.1, 0.15) is 5.82 Å². The molecule has 0 radical (unpaired) electrons. The number of benzene rings is 2. The minimum absolute atomic E-state index is 0.0951. The fourth-order valence-corrected chi connectivity index (χ4v) is 3.18. The molecule has 6 heteroatoms. The first-order chi connectivity index (χ1) is 12.1. The molecule has 2 atom stereocenters. The number of aromatic nitrogens is 2. The predicted octanol–water partition coefficient (Wildman–Crippen LogP) is 5.08. The molecule has 1 fully saturated rings. The van der Waals surface area contributed by atoms with Crippen LogP contribution < -0.4 is 0 Å². The maximum absolute atomic E-state index is 13.8. The van der Waals surface area contributed by atoms with E-state index in [-0.39, 0.29) is 17.0 Å². The van der Waals surface area contributed by atoms with Gasteiger partial charge in [-0.3, -0.25) is 0 Å². The first-order valence-corrected chi connectivity index (χ1v) is 8.47. The van der Waals surface area contributed by atoms with Crippen molar-refractivity contribution in [1.29, 1.82) is 0 Å². The molecular formula is C19H16ClFN2O2. The summed E-state index contributed by atoms with van der Waals surface area (Å²) < 4.78 is 25.1. The smallest absolute Gasteiger partial charge is 0.233 e. The molecule has 0 bridgehead atoms. The normalized spacial score (nSPS) is 20.1. The second kappa shape index (κ2) is 6.58. The van der Waals surface area contributed by atoms with Crippen LogP contribution in [0, 0.1) is 12.7 Å². The highest BCUT2D eigenvalue weighted by molar-refractivity contribution is 6.30. The lowest BCUT2D eigenvalue weighted by atomic mass is 9.95. The lowest BCUT2D eigenvalue weighted by Gasteiger charge is -2.16. The summed E-state index contributed by atoms with van der Waals surface area (Å²) in [5.41, 5.74) is 2.79. The van der Waals surface area contributed by atoms with Crippen LogP contribution in [-0.2, 0) is 4.74 Å². The molecule has 3 aromatic rings. The first-order valence-electron chi connectivity index (χ1n) is 8.09. The number of hydrogen-bond donors (Lipinski definition) is 0. The van der Waals surface area contributed by atoms with Gasteiger partial charge < -0.3 is 9.26 Å². The van der Waals surface area contributed by atoms with E-state index in [9.17, 15) is 4.39 Å². The summed E-state index contributed by atoms with van der Waals surface area (Å²) in [6.45, 7) is 2.58. The Hall–Kier alpha value is -2.24. The van der Waals surface area contributed by atoms with Crippen molar-refractivity contribution in [3.63, 3.8) is 0 Å². The third kappa shape index (κ3) is 3.17. The lowest BCUT2D eigenvalue weighted by Crippen LogP contribution is -2.07. The lowest BCUT2D eigenvalue weighted by molar-refractivity contribution is 0.0984. The van der Waals surface area contributed by atoms with Gasteiger partial charge in [-0.25, -0.2) is 4.39 Å². The van der Waals surface area contributed by atoms with E-state index in [1.165, 1.54) is 17.7 Å². The Bertz CT molecular complexity index is 895. The SMILES string of the molecule is Cc1ccc(-c2noc([C@H]3CCO[C@@H]3c3ccc(Cl)c(F)c3)n2)cc1. The van der Waals surface area contributed by atoms with Crippen LogP contribution in [0.5, 0.6) is 0 Å². The van der Waals surface area contributed by atoms with Gasteiger partial charge in [0.25, 0.3) is 0 Å². The number of hydrogen-bond acceptors (Lipinski definition) is 4. The van der Waals surface area contributed by atoms with Gasteiger partial charge >= 0.3 is 0 Å². The van der Waals surface area contributed by atoms with E-state index in [0.717, 1.165) is 17.5 Å². The van der Waals surface area contributed by atoms with Crippen LogP contribution >= 0.6 is 11.6 Å². The van der Waals surface area contributed by atoms with Crippen LogP contribution in [0.2, 0.25) is 5.02 Å². The second-order valence-electron chi connectivity index (χ2n) is 6.18. The molecule has 128 valence electrons. The number of nitrogens with zero attached hydrogens (tertiary/aromatic N) is 2. The Labute approximate surface area is 149 Å². The summed E-state index contributed by atoms with van der Waals surface area (Å²) in [7, 11) is 0. The molecule has 1 aliphatic rings. The molecule has 2 aromatic carbocycles. The molecular weight excluding hydrogens is 343 g/mol. The van der Waals surface area contributed by atoms with Gasteiger partial charge in [-0.1, -0.05) is 52.7 Å². The Morgan fingerprint density at radius 3 is 2.72 bits per heavy atom. The number of halogens is 2. The Morgan fingerprint density at radius 1 is 1.16 bits per heavy atom. The van der Waals surface area contributed by atoms with Gasteiger partial charge in [-0.2, -0.15) is 4.98 Å². The van der Waals surface area contributed by atoms with Gasteiger partial charge in [0, 0.05) is 12.2 Å². The number of ether oxygens (including phenoxy) is 1. The van der Waals surface area contributed by atoms with Gasteiger partial charge in [-0.05, 0) is 31.0 Å². The van der Waals surface area contributed by atoms with E-state index in [0.29, 0.717) is 18.3 Å². The zero-order chi connectivity index (χ0) is 17.4. The fraction of sp³-hybridized carbons (Fsp3) is 0.263. The minimum atomic E-state index is -0.459. The summed E-state index contributed by atoms with van der Waals surface area (Å²) in [6.07, 6.45) is 0.419. The number of aryl methyl sites for hydroxylation is 1. The van der Waals surface area contributed by atoms with Crippen molar-refractivity contribution in [2.45, 2.75) is 25.4 Å². The van der Waals surface area contributed by atoms with Crippen molar-refractivity contribution >= 4 is 11.6 Å². The fourth-order valence-electron chi connectivity index (χ4n) is 3.07. The topological polar surface area (TPSA) is 48.2 Å². The molecule has 4 nitrogen and oxygen atoms in total. The highest BCUT2D eigenvalue weighted by Gasteiger charge is 2.35. The Kier molecular flexibility index (Phi) is 4.27. The van der Waals surface area contributed by atoms with Gasteiger partial charge in [0.2, 0.25) is 11.7 Å². The molecule has 0 unspecified atom stereocenters. The minimum Gasteiger partial charge on any atom is -0.373 e. The van der Waals surface area contributed by atoms with Crippen molar-refractivity contribution in [1.82, 2.24) is 10.1 Å². The zero-order valence-corrected chi connectivity index (χ0v) is 14.3. The standard InChI is InChI=1S/C19H16ClFN2O2/c1-11-2-4-12(5-3-11)18-22-19(25-23-18)14-8-9-24-17(14)13-6-7-15(20)16(21)10-13/h2-7,10,14,17H,8-9H2,1H3/t14-,17+/m0/s1. The van der Waals surface area contributed by atoms with Gasteiger partial charge in [0.15, 0.2) is 0 Å². The van der Waals surface area contributed by atoms with E-state index >= 15 is 0 Å². The molecule has 0 saturated carbocycles. The maximum Gasteiger partial charge on any atom is 0.233 e. The van der Waals surface area contributed by atoms with E-state index in [4.69, 9.17) is 20.9 Å². The molecule has 2 heterocycles. The van der Waals surface area contributed by atoms with Crippen molar-refractivity contribution < 1.29 is 13.7 Å². The van der Waals surface area contributed by atoms with Crippen molar-refractivity contribution in [2.24, 2.45) is 0 Å². The highest BCUT2D eigenvalue weighted by atomic mass is 35.5. The van der Waals surface area contributed by atoms with Crippen molar-refractivity contribution in [2.75, 3.05) is 6.61 Å². The summed E-state index contributed by atoms with van der Waals surface area (Å²) in [5, 5.41) is 4.18. The van der Waals surface area contributed by atoms with Crippen molar-refractivity contribution in [3.05, 3.63) is 70.3 Å². The van der Waals surface area contributed by atoms with E-state index in [1.54, 1.807) is 6.07 Å². The summed E-state index contributed by atoms with van der Waals surface area (Å²) in [5.74, 6) is 0.489. The van der Waals surface area contributed by atoms with E-state index < -0.39 is 5.82 Å². The van der Waals surface area contributed by atoms with Crippen LogP contribution in [0.15, 0.2) is 47.0 Å². The first kappa shape index (κ1) is 16.2. The molecule has 25 heavy (non-hydrogen) atoms.